The minimum Gasteiger partial charge on any atom is -0.379 e. The SMILES string of the molecule is CC1CCN(c2ccc(C3CCC(N4CCOCC4)CC3)cc2NC(=O)c2ncc(C#N)[nH]2)CC1. The number of imidazole rings is 1. The molecule has 1 aromatic carbocycles. The van der Waals surface area contributed by atoms with E-state index in [1.165, 1.54) is 37.4 Å². The summed E-state index contributed by atoms with van der Waals surface area (Å²) in [6.45, 7) is 8.10. The van der Waals surface area contributed by atoms with E-state index in [2.05, 4.69) is 50.2 Å². The van der Waals surface area contributed by atoms with Gasteiger partial charge in [-0.2, -0.15) is 5.26 Å². The number of piperidine rings is 1. The molecule has 2 aromatic rings. The van der Waals surface area contributed by atoms with Crippen LogP contribution in [-0.4, -0.2) is 66.2 Å². The molecule has 1 amide bonds. The van der Waals surface area contributed by atoms with Crippen LogP contribution >= 0.6 is 0 Å². The molecule has 3 aliphatic rings. The van der Waals surface area contributed by atoms with Gasteiger partial charge < -0.3 is 19.9 Å². The Labute approximate surface area is 207 Å². The summed E-state index contributed by atoms with van der Waals surface area (Å²) in [4.78, 5) is 24.8. The third-order valence-corrected chi connectivity index (χ3v) is 8.03. The molecule has 3 heterocycles. The normalized spacial score (nSPS) is 24.2. The zero-order valence-corrected chi connectivity index (χ0v) is 20.6. The number of H-pyrrole nitrogens is 1. The van der Waals surface area contributed by atoms with Gasteiger partial charge in [-0.25, -0.2) is 4.98 Å². The van der Waals surface area contributed by atoms with E-state index in [0.29, 0.717) is 12.0 Å². The Morgan fingerprint density at radius 1 is 1.11 bits per heavy atom. The van der Waals surface area contributed by atoms with E-state index in [0.717, 1.165) is 69.5 Å². The molecule has 1 aliphatic carbocycles. The summed E-state index contributed by atoms with van der Waals surface area (Å²) in [5.74, 6) is 1.09. The molecule has 0 atom stereocenters. The first-order chi connectivity index (χ1) is 17.1. The van der Waals surface area contributed by atoms with Crippen LogP contribution in [0.3, 0.4) is 0 Å². The average molecular weight is 477 g/mol. The monoisotopic (exact) mass is 476 g/mol. The number of carbonyl (C=O) groups is 1. The lowest BCUT2D eigenvalue weighted by atomic mass is 9.81. The summed E-state index contributed by atoms with van der Waals surface area (Å²) in [6, 6.07) is 9.30. The van der Waals surface area contributed by atoms with E-state index in [1.54, 1.807) is 0 Å². The van der Waals surface area contributed by atoms with Crippen LogP contribution in [0.5, 0.6) is 0 Å². The topological polar surface area (TPSA) is 97.3 Å². The number of anilines is 2. The summed E-state index contributed by atoms with van der Waals surface area (Å²) in [7, 11) is 0. The second-order valence-electron chi connectivity index (χ2n) is 10.3. The second kappa shape index (κ2) is 10.8. The summed E-state index contributed by atoms with van der Waals surface area (Å²) in [5, 5.41) is 12.2. The van der Waals surface area contributed by atoms with Crippen molar-refractivity contribution in [1.82, 2.24) is 14.9 Å². The molecule has 8 heteroatoms. The molecule has 5 rings (SSSR count). The molecular weight excluding hydrogens is 440 g/mol. The van der Waals surface area contributed by atoms with Gasteiger partial charge in [0.1, 0.15) is 11.8 Å². The number of morpholine rings is 1. The molecular formula is C27H36N6O2. The summed E-state index contributed by atoms with van der Waals surface area (Å²) < 4.78 is 5.53. The van der Waals surface area contributed by atoms with Crippen molar-refractivity contribution in [3.8, 4) is 6.07 Å². The Hall–Kier alpha value is -2.89. The van der Waals surface area contributed by atoms with Crippen molar-refractivity contribution in [2.24, 2.45) is 5.92 Å². The van der Waals surface area contributed by atoms with Gasteiger partial charge in [-0.3, -0.25) is 9.69 Å². The largest absolute Gasteiger partial charge is 0.379 e. The highest BCUT2D eigenvalue weighted by molar-refractivity contribution is 6.03. The van der Waals surface area contributed by atoms with Crippen molar-refractivity contribution in [1.29, 1.82) is 5.26 Å². The maximum atomic E-state index is 13.0. The predicted octanol–water partition coefficient (Wildman–Crippen LogP) is 4.13. The molecule has 1 aromatic heterocycles. The number of hydrogen-bond acceptors (Lipinski definition) is 6. The predicted molar refractivity (Wildman–Crippen MR) is 136 cm³/mol. The maximum absolute atomic E-state index is 13.0. The van der Waals surface area contributed by atoms with Crippen molar-refractivity contribution in [3.05, 3.63) is 41.5 Å². The number of nitrogens with zero attached hydrogens (tertiary/aromatic N) is 4. The third kappa shape index (κ3) is 5.52. The number of benzene rings is 1. The lowest BCUT2D eigenvalue weighted by Crippen LogP contribution is -2.44. The summed E-state index contributed by atoms with van der Waals surface area (Å²) in [6.07, 6.45) is 8.46. The fraction of sp³-hybridized carbons (Fsp3) is 0.593. The Morgan fingerprint density at radius 3 is 2.54 bits per heavy atom. The van der Waals surface area contributed by atoms with Gasteiger partial charge in [0.25, 0.3) is 5.91 Å². The van der Waals surface area contributed by atoms with Crippen molar-refractivity contribution in [2.75, 3.05) is 49.6 Å². The zero-order valence-electron chi connectivity index (χ0n) is 20.6. The van der Waals surface area contributed by atoms with Crippen LogP contribution in [-0.2, 0) is 4.74 Å². The van der Waals surface area contributed by atoms with Gasteiger partial charge in [0.15, 0.2) is 5.82 Å². The van der Waals surface area contributed by atoms with Crippen LogP contribution in [0.2, 0.25) is 0 Å². The second-order valence-corrected chi connectivity index (χ2v) is 10.3. The number of nitrogens with one attached hydrogen (secondary N) is 2. The average Bonchev–Trinajstić information content (AvgIpc) is 3.40. The van der Waals surface area contributed by atoms with Crippen LogP contribution < -0.4 is 10.2 Å². The number of aromatic amines is 1. The highest BCUT2D eigenvalue weighted by atomic mass is 16.5. The quantitative estimate of drug-likeness (QED) is 0.674. The van der Waals surface area contributed by atoms with Gasteiger partial charge >= 0.3 is 0 Å². The van der Waals surface area contributed by atoms with Crippen LogP contribution in [0.25, 0.3) is 0 Å². The van der Waals surface area contributed by atoms with Crippen LogP contribution in [0, 0.1) is 17.2 Å². The molecule has 8 nitrogen and oxygen atoms in total. The first-order valence-corrected chi connectivity index (χ1v) is 13.1. The number of rotatable bonds is 5. The first kappa shape index (κ1) is 23.8. The highest BCUT2D eigenvalue weighted by Gasteiger charge is 2.29. The van der Waals surface area contributed by atoms with E-state index in [1.807, 2.05) is 6.07 Å². The van der Waals surface area contributed by atoms with Crippen molar-refractivity contribution < 1.29 is 9.53 Å². The molecule has 1 saturated carbocycles. The van der Waals surface area contributed by atoms with Crippen LogP contribution in [0.4, 0.5) is 11.4 Å². The van der Waals surface area contributed by atoms with Crippen molar-refractivity contribution in [3.63, 3.8) is 0 Å². The fourth-order valence-corrected chi connectivity index (χ4v) is 5.82. The molecule has 186 valence electrons. The number of ether oxygens (including phenoxy) is 1. The van der Waals surface area contributed by atoms with Crippen LogP contribution in [0.1, 0.15) is 73.2 Å². The van der Waals surface area contributed by atoms with E-state index in [9.17, 15) is 4.79 Å². The van der Waals surface area contributed by atoms with Gasteiger partial charge in [-0.15, -0.1) is 0 Å². The molecule has 2 aliphatic heterocycles. The molecule has 0 bridgehead atoms. The molecule has 0 spiro atoms. The fourth-order valence-electron chi connectivity index (χ4n) is 5.82. The van der Waals surface area contributed by atoms with E-state index in [-0.39, 0.29) is 17.4 Å². The first-order valence-electron chi connectivity index (χ1n) is 13.1. The van der Waals surface area contributed by atoms with Crippen molar-refractivity contribution >= 4 is 17.3 Å². The highest BCUT2D eigenvalue weighted by Crippen LogP contribution is 2.39. The standard InChI is InChI=1S/C27H36N6O2/c1-19-8-10-33(11-9-19)25-7-4-21(16-24(25)31-27(34)26-29-18-22(17-28)30-26)20-2-5-23(6-3-20)32-12-14-35-15-13-32/h4,7,16,18-20,23H,2-3,5-6,8-15H2,1H3,(H,29,30)(H,31,34). The third-order valence-electron chi connectivity index (χ3n) is 8.03. The maximum Gasteiger partial charge on any atom is 0.291 e. The van der Waals surface area contributed by atoms with Crippen LogP contribution in [0.15, 0.2) is 24.4 Å². The molecule has 2 N–H and O–H groups in total. The summed E-state index contributed by atoms with van der Waals surface area (Å²) >= 11 is 0. The van der Waals surface area contributed by atoms with Gasteiger partial charge in [0.2, 0.25) is 0 Å². The number of nitriles is 1. The molecule has 0 unspecified atom stereocenters. The lowest BCUT2D eigenvalue weighted by molar-refractivity contribution is 0.00730. The van der Waals surface area contributed by atoms with Gasteiger partial charge in [0, 0.05) is 32.2 Å². The molecule has 0 radical (unpaired) electrons. The lowest BCUT2D eigenvalue weighted by Gasteiger charge is -2.39. The molecule has 2 saturated heterocycles. The number of hydrogen-bond donors (Lipinski definition) is 2. The number of aromatic nitrogens is 2. The van der Waals surface area contributed by atoms with Gasteiger partial charge in [0.05, 0.1) is 30.8 Å². The molecule has 35 heavy (non-hydrogen) atoms. The Bertz CT molecular complexity index is 1050. The Morgan fingerprint density at radius 2 is 1.86 bits per heavy atom. The molecule has 3 fully saturated rings. The summed E-state index contributed by atoms with van der Waals surface area (Å²) in [5.41, 5.74) is 3.49. The van der Waals surface area contributed by atoms with Crippen molar-refractivity contribution in [2.45, 2.75) is 57.4 Å². The van der Waals surface area contributed by atoms with Gasteiger partial charge in [-0.05, 0) is 68.1 Å². The van der Waals surface area contributed by atoms with Gasteiger partial charge in [-0.1, -0.05) is 13.0 Å². The Balaban J connectivity index is 1.33. The smallest absolute Gasteiger partial charge is 0.291 e. The minimum absolute atomic E-state index is 0.163. The van der Waals surface area contributed by atoms with E-state index < -0.39 is 0 Å². The number of amides is 1. The number of carbonyl (C=O) groups excluding carboxylic acids is 1. The van der Waals surface area contributed by atoms with E-state index in [4.69, 9.17) is 10.00 Å². The minimum atomic E-state index is -0.314. The Kier molecular flexibility index (Phi) is 7.35. The zero-order chi connectivity index (χ0) is 24.2. The van der Waals surface area contributed by atoms with E-state index >= 15 is 0 Å².